The summed E-state index contributed by atoms with van der Waals surface area (Å²) in [6.45, 7) is 8.96. The molecule has 33 nitrogen and oxygen atoms in total. The van der Waals surface area contributed by atoms with E-state index < -0.39 is 176 Å². The summed E-state index contributed by atoms with van der Waals surface area (Å²) in [7, 11) is 0. The number of phenols is 1. The van der Waals surface area contributed by atoms with Crippen molar-refractivity contribution in [3.05, 3.63) is 29.8 Å². The molecular weight excluding hydrogens is 1210 g/mol. The summed E-state index contributed by atoms with van der Waals surface area (Å²) in [5.74, 6) is -14.7. The van der Waals surface area contributed by atoms with Gasteiger partial charge in [0.15, 0.2) is 0 Å². The molecule has 0 saturated carbocycles. The third-order valence-corrected chi connectivity index (χ3v) is 14.0. The summed E-state index contributed by atoms with van der Waals surface area (Å²) >= 11 is 0. The van der Waals surface area contributed by atoms with Crippen LogP contribution in [0.3, 0.4) is 0 Å². The van der Waals surface area contributed by atoms with Crippen LogP contribution < -0.4 is 81.4 Å². The third-order valence-electron chi connectivity index (χ3n) is 14.0. The van der Waals surface area contributed by atoms with Crippen LogP contribution in [0.1, 0.15) is 137 Å². The first kappa shape index (κ1) is 81.5. The quantitative estimate of drug-likeness (QED) is 0.0277. The summed E-state index contributed by atoms with van der Waals surface area (Å²) in [6.07, 6.45) is 1.03. The summed E-state index contributed by atoms with van der Waals surface area (Å²) in [5, 5.41) is 64.7. The molecule has 0 unspecified atom stereocenters. The van der Waals surface area contributed by atoms with Crippen LogP contribution in [0.25, 0.3) is 0 Å². The highest BCUT2D eigenvalue weighted by Gasteiger charge is 2.35. The number of amides is 11. The molecule has 1 aromatic rings. The Labute approximate surface area is 535 Å². The van der Waals surface area contributed by atoms with Crippen LogP contribution >= 0.6 is 0 Å². The van der Waals surface area contributed by atoms with Crippen molar-refractivity contribution < 1.29 is 87.5 Å². The highest BCUT2D eigenvalue weighted by molar-refractivity contribution is 5.98. The smallest absolute Gasteiger partial charge is 0.326 e. The summed E-state index contributed by atoms with van der Waals surface area (Å²) in [4.78, 5) is 183. The summed E-state index contributed by atoms with van der Waals surface area (Å²) in [5.41, 5.74) is 23.4. The zero-order valence-electron chi connectivity index (χ0n) is 53.4. The maximum Gasteiger partial charge on any atom is 0.326 e. The number of hydrogen-bond acceptors (Lipinski definition) is 19. The van der Waals surface area contributed by atoms with E-state index in [0.717, 1.165) is 0 Å². The number of carboxylic acids is 3. The summed E-state index contributed by atoms with van der Waals surface area (Å²) < 4.78 is 0. The highest BCUT2D eigenvalue weighted by atomic mass is 16.4. The number of aromatic hydroxyl groups is 1. The van der Waals surface area contributed by atoms with Crippen molar-refractivity contribution in [1.29, 1.82) is 0 Å². The van der Waals surface area contributed by atoms with Crippen molar-refractivity contribution in [2.45, 2.75) is 192 Å². The molecule has 0 bridgehead atoms. The standard InChI is InChI=1S/C59H99N15O18/c1-32(2)25-41(71-55(87)40(15-9-12-24-62)70-54(86)39(14-8-11-23-61)69-51(83)37(63)20-21-48(79)80)52(84)66-31-47(78)67-38(13-7-10-22-60)56(88)74-50(34(5)6)58(90)72-42(26-33(3)4)53(85)65-29-45(76)64-30-46(77)68-43(27-35-16-18-36(75)19-17-35)57(89)73-44(59(91)92)28-49(81)82/h16-19,32-34,37-44,50,75H,7-15,20-31,60-63H2,1-6H3,(H,64,76)(H,65,85)(H,66,84)(H,67,78)(H,68,77)(H,69,83)(H,70,86)(H,71,87)(H,72,90)(H,73,89)(H,74,88)(H,79,80)(H,81,82)(H,91,92)/t37-,38-,39-,40-,41-,42-,43-,44-,50-/m0/s1. The second-order valence-electron chi connectivity index (χ2n) is 23.4. The Kier molecular flexibility index (Phi) is 39.0. The predicted molar refractivity (Wildman–Crippen MR) is 333 cm³/mol. The highest BCUT2D eigenvalue weighted by Crippen LogP contribution is 2.14. The van der Waals surface area contributed by atoms with Crippen LogP contribution in [-0.2, 0) is 73.5 Å². The first-order valence-corrected chi connectivity index (χ1v) is 30.9. The minimum atomic E-state index is -1.86. The van der Waals surface area contributed by atoms with E-state index in [1.54, 1.807) is 41.5 Å². The largest absolute Gasteiger partial charge is 0.508 e. The van der Waals surface area contributed by atoms with Gasteiger partial charge in [0.05, 0.1) is 32.1 Å². The maximum absolute atomic E-state index is 14.0. The molecule has 518 valence electrons. The van der Waals surface area contributed by atoms with E-state index in [1.807, 2.05) is 0 Å². The molecule has 1 rings (SSSR count). The molecule has 0 aliphatic heterocycles. The Bertz CT molecular complexity index is 2610. The van der Waals surface area contributed by atoms with Crippen molar-refractivity contribution in [2.24, 2.45) is 40.7 Å². The number of carboxylic acid groups (broad SMARTS) is 3. The molecule has 1 aromatic carbocycles. The Morgan fingerprint density at radius 2 is 0.804 bits per heavy atom. The fourth-order valence-electron chi connectivity index (χ4n) is 9.01. The summed E-state index contributed by atoms with van der Waals surface area (Å²) in [6, 6.07) is -6.67. The van der Waals surface area contributed by atoms with E-state index in [4.69, 9.17) is 33.1 Å². The van der Waals surface area contributed by atoms with E-state index in [9.17, 15) is 77.3 Å². The lowest BCUT2D eigenvalue weighted by molar-refractivity contribution is -0.147. The number of nitrogens with two attached hydrogens (primary N) is 4. The Balaban J connectivity index is 3.19. The van der Waals surface area contributed by atoms with Crippen molar-refractivity contribution in [1.82, 2.24) is 58.5 Å². The van der Waals surface area contributed by atoms with Crippen molar-refractivity contribution in [3.63, 3.8) is 0 Å². The van der Waals surface area contributed by atoms with Gasteiger partial charge in [-0.15, -0.1) is 0 Å². The first-order valence-electron chi connectivity index (χ1n) is 30.9. The molecule has 0 saturated heterocycles. The molecule has 23 N–H and O–H groups in total. The van der Waals surface area contributed by atoms with Crippen LogP contribution in [0.2, 0.25) is 0 Å². The second kappa shape index (κ2) is 44.0. The Hall–Kier alpha value is -8.56. The van der Waals surface area contributed by atoms with Gasteiger partial charge in [-0.1, -0.05) is 53.7 Å². The number of carbonyl (C=O) groups excluding carboxylic acids is 11. The molecule has 0 aliphatic carbocycles. The molecule has 0 radical (unpaired) electrons. The zero-order chi connectivity index (χ0) is 69.6. The van der Waals surface area contributed by atoms with E-state index in [0.29, 0.717) is 50.6 Å². The van der Waals surface area contributed by atoms with Crippen LogP contribution in [0.4, 0.5) is 0 Å². The lowest BCUT2D eigenvalue weighted by atomic mass is 9.99. The number of carbonyl (C=O) groups is 14. The van der Waals surface area contributed by atoms with E-state index >= 15 is 0 Å². The number of phenolic OH excluding ortho intramolecular Hbond substituents is 1. The van der Waals surface area contributed by atoms with Crippen LogP contribution in [0, 0.1) is 17.8 Å². The van der Waals surface area contributed by atoms with E-state index in [1.165, 1.54) is 24.3 Å². The minimum Gasteiger partial charge on any atom is -0.508 e. The molecule has 0 aromatic heterocycles. The molecule has 33 heteroatoms. The van der Waals surface area contributed by atoms with Gasteiger partial charge in [-0.25, -0.2) is 4.79 Å². The number of aliphatic carboxylic acids is 3. The number of rotatable bonds is 47. The van der Waals surface area contributed by atoms with Crippen molar-refractivity contribution >= 4 is 82.9 Å². The fraction of sp³-hybridized carbons (Fsp3) is 0.661. The molecule has 0 aliphatic rings. The average Bonchev–Trinajstić information content (AvgIpc) is 1.92. The SMILES string of the molecule is CC(C)C[C@H](NC(=O)[C@H](CCCCN)NC(=O)[C@H](CCCCN)NC(=O)[C@@H](N)CCC(=O)O)C(=O)NCC(=O)N[C@@H](CCCCN)C(=O)N[C@H](C(=O)N[C@@H](CC(C)C)C(=O)NCC(=O)NCC(=O)N[C@@H](Cc1ccc(O)cc1)C(=O)N[C@@H](CC(=O)O)C(=O)O)C(C)C. The van der Waals surface area contributed by atoms with Crippen molar-refractivity contribution in [3.8, 4) is 5.75 Å². The van der Waals surface area contributed by atoms with Crippen molar-refractivity contribution in [2.75, 3.05) is 39.3 Å². The van der Waals surface area contributed by atoms with Gasteiger partial charge < -0.3 is 102 Å². The molecule has 11 amide bonds. The molecule has 9 atom stereocenters. The number of hydrogen-bond donors (Lipinski definition) is 19. The topological polar surface area (TPSA) is 556 Å². The molecule has 0 fully saturated rings. The Morgan fingerprint density at radius 3 is 1.24 bits per heavy atom. The minimum absolute atomic E-state index is 0.0349. The maximum atomic E-state index is 14.0. The van der Waals surface area contributed by atoms with E-state index in [2.05, 4.69) is 58.5 Å². The normalized spacial score (nSPS) is 14.1. The van der Waals surface area contributed by atoms with Crippen LogP contribution in [0.5, 0.6) is 5.75 Å². The first-order chi connectivity index (χ1) is 43.3. The third kappa shape index (κ3) is 34.0. The molecule has 0 heterocycles. The number of nitrogens with one attached hydrogen (secondary N) is 11. The average molecular weight is 1310 g/mol. The van der Waals surface area contributed by atoms with Gasteiger partial charge in [-0.3, -0.25) is 62.3 Å². The van der Waals surface area contributed by atoms with Gasteiger partial charge >= 0.3 is 17.9 Å². The van der Waals surface area contributed by atoms with E-state index in [-0.39, 0.29) is 75.6 Å². The van der Waals surface area contributed by atoms with Gasteiger partial charge in [0.25, 0.3) is 0 Å². The van der Waals surface area contributed by atoms with Gasteiger partial charge in [0.1, 0.15) is 54.1 Å². The number of benzene rings is 1. The zero-order valence-corrected chi connectivity index (χ0v) is 53.4. The van der Waals surface area contributed by atoms with Gasteiger partial charge in [0, 0.05) is 12.8 Å². The fourth-order valence-corrected chi connectivity index (χ4v) is 9.01. The number of unbranched alkanes of at least 4 members (excludes halogenated alkanes) is 3. The van der Waals surface area contributed by atoms with Gasteiger partial charge in [-0.05, 0) is 132 Å². The Morgan fingerprint density at radius 1 is 0.413 bits per heavy atom. The van der Waals surface area contributed by atoms with Crippen LogP contribution in [0.15, 0.2) is 24.3 Å². The second-order valence-corrected chi connectivity index (χ2v) is 23.4. The predicted octanol–water partition coefficient (Wildman–Crippen LogP) is -3.95. The monoisotopic (exact) mass is 1310 g/mol. The lowest BCUT2D eigenvalue weighted by Crippen LogP contribution is -2.59. The molecule has 92 heavy (non-hydrogen) atoms. The van der Waals surface area contributed by atoms with Gasteiger partial charge in [-0.2, -0.15) is 0 Å². The van der Waals surface area contributed by atoms with Crippen LogP contribution in [-0.4, -0.2) is 197 Å². The van der Waals surface area contributed by atoms with Gasteiger partial charge in [0.2, 0.25) is 65.0 Å². The lowest BCUT2D eigenvalue weighted by Gasteiger charge is -2.28. The molecule has 0 spiro atoms. The molecular formula is C59H99N15O18.